The molecule has 4 heteroatoms. The zero-order chi connectivity index (χ0) is 8.97. The van der Waals surface area contributed by atoms with Crippen LogP contribution in [-0.2, 0) is 4.79 Å². The lowest BCUT2D eigenvalue weighted by Crippen LogP contribution is -2.44. The van der Waals surface area contributed by atoms with E-state index < -0.39 is 0 Å². The van der Waals surface area contributed by atoms with Gasteiger partial charge in [0.15, 0.2) is 0 Å². The van der Waals surface area contributed by atoms with Gasteiger partial charge in [0.25, 0.3) is 0 Å². The summed E-state index contributed by atoms with van der Waals surface area (Å²) in [5, 5.41) is 9.99. The fraction of sp³-hybridized carbons (Fsp3) is 0.500. The molecule has 0 aliphatic carbocycles. The molecule has 0 aromatic rings. The van der Waals surface area contributed by atoms with E-state index in [1.165, 1.54) is 6.21 Å². The van der Waals surface area contributed by atoms with Crippen LogP contribution in [0.2, 0.25) is 0 Å². The van der Waals surface area contributed by atoms with Crippen molar-refractivity contribution < 1.29 is 4.79 Å². The molecule has 0 atom stereocenters. The largest absolute Gasteiger partial charge is 0.385 e. The van der Waals surface area contributed by atoms with Crippen LogP contribution < -0.4 is 5.32 Å². The molecule has 0 bridgehead atoms. The molecule has 4 nitrogen and oxygen atoms in total. The Morgan fingerprint density at radius 1 is 1.75 bits per heavy atom. The molecule has 1 rings (SSSR count). The lowest BCUT2D eigenvalue weighted by Gasteiger charge is -2.28. The van der Waals surface area contributed by atoms with Gasteiger partial charge in [-0.25, -0.2) is 0 Å². The highest BCUT2D eigenvalue weighted by Crippen LogP contribution is 2.01. The van der Waals surface area contributed by atoms with Gasteiger partial charge in [-0.1, -0.05) is 0 Å². The van der Waals surface area contributed by atoms with E-state index in [1.54, 1.807) is 17.9 Å². The maximum absolute atomic E-state index is 11.0. The number of nitrogens with zero attached hydrogens (tertiary/aromatic N) is 1. The van der Waals surface area contributed by atoms with Gasteiger partial charge in [-0.15, -0.1) is 0 Å². The van der Waals surface area contributed by atoms with Crippen molar-refractivity contribution in [1.29, 1.82) is 5.41 Å². The van der Waals surface area contributed by atoms with E-state index in [0.717, 1.165) is 18.8 Å². The number of rotatable bonds is 1. The molecule has 1 amide bonds. The van der Waals surface area contributed by atoms with Gasteiger partial charge in [0.1, 0.15) is 0 Å². The second kappa shape index (κ2) is 3.90. The Bertz CT molecular complexity index is 222. The van der Waals surface area contributed by atoms with Crippen LogP contribution in [0.5, 0.6) is 0 Å². The Balaban J connectivity index is 2.57. The van der Waals surface area contributed by atoms with E-state index in [0.29, 0.717) is 6.54 Å². The van der Waals surface area contributed by atoms with Crippen LogP contribution in [0.4, 0.5) is 0 Å². The van der Waals surface area contributed by atoms with Crippen LogP contribution in [0, 0.1) is 5.41 Å². The SMILES string of the molecule is CC(=O)N1CCN/C(=C\C=N)C1. The first-order valence-corrected chi connectivity index (χ1v) is 3.93. The minimum atomic E-state index is 0.0902. The summed E-state index contributed by atoms with van der Waals surface area (Å²) in [5.74, 6) is 0.0902. The smallest absolute Gasteiger partial charge is 0.219 e. The first kappa shape index (κ1) is 8.77. The zero-order valence-corrected chi connectivity index (χ0v) is 7.13. The first-order valence-electron chi connectivity index (χ1n) is 3.93. The highest BCUT2D eigenvalue weighted by atomic mass is 16.2. The fourth-order valence-corrected chi connectivity index (χ4v) is 1.17. The standard InChI is InChI=1S/C8H13N3O/c1-7(12)11-5-4-10-8(6-11)2-3-9/h2-3,9-10H,4-6H2,1H3/b8-2-,9-3?. The van der Waals surface area contributed by atoms with Crippen molar-refractivity contribution in [3.8, 4) is 0 Å². The summed E-state index contributed by atoms with van der Waals surface area (Å²) in [5.41, 5.74) is 0.937. The van der Waals surface area contributed by atoms with Gasteiger partial charge in [0.05, 0.1) is 6.54 Å². The molecular formula is C8H13N3O. The molecule has 2 N–H and O–H groups in total. The Kier molecular flexibility index (Phi) is 2.85. The van der Waals surface area contributed by atoms with Crippen molar-refractivity contribution in [3.63, 3.8) is 0 Å². The Morgan fingerprint density at radius 2 is 2.50 bits per heavy atom. The van der Waals surface area contributed by atoms with Crippen LogP contribution in [0.3, 0.4) is 0 Å². The second-order valence-corrected chi connectivity index (χ2v) is 2.73. The molecule has 0 unspecified atom stereocenters. The van der Waals surface area contributed by atoms with Crippen molar-refractivity contribution in [3.05, 3.63) is 11.8 Å². The van der Waals surface area contributed by atoms with E-state index in [9.17, 15) is 4.79 Å². The van der Waals surface area contributed by atoms with Crippen LogP contribution in [-0.4, -0.2) is 36.7 Å². The maximum Gasteiger partial charge on any atom is 0.219 e. The third-order valence-electron chi connectivity index (χ3n) is 1.82. The number of carbonyl (C=O) groups excluding carboxylic acids is 1. The average Bonchev–Trinajstić information content (AvgIpc) is 2.05. The number of allylic oxidation sites excluding steroid dienone is 1. The first-order chi connectivity index (χ1) is 5.74. The summed E-state index contributed by atoms with van der Waals surface area (Å²) < 4.78 is 0. The van der Waals surface area contributed by atoms with Crippen molar-refractivity contribution in [1.82, 2.24) is 10.2 Å². The van der Waals surface area contributed by atoms with Crippen LogP contribution >= 0.6 is 0 Å². The molecule has 12 heavy (non-hydrogen) atoms. The van der Waals surface area contributed by atoms with Gasteiger partial charge < -0.3 is 15.6 Å². The Hall–Kier alpha value is -1.32. The zero-order valence-electron chi connectivity index (χ0n) is 7.13. The van der Waals surface area contributed by atoms with E-state index in [2.05, 4.69) is 5.32 Å². The molecule has 0 aromatic carbocycles. The van der Waals surface area contributed by atoms with Gasteiger partial charge in [-0.2, -0.15) is 0 Å². The molecule has 0 radical (unpaired) electrons. The molecule has 1 fully saturated rings. The summed E-state index contributed by atoms with van der Waals surface area (Å²) in [7, 11) is 0. The lowest BCUT2D eigenvalue weighted by atomic mass is 10.3. The summed E-state index contributed by atoms with van der Waals surface area (Å²) in [4.78, 5) is 12.7. The Labute approximate surface area is 71.8 Å². The number of nitrogens with one attached hydrogen (secondary N) is 2. The van der Waals surface area contributed by atoms with Gasteiger partial charge in [0, 0.05) is 31.9 Å². The highest BCUT2D eigenvalue weighted by molar-refractivity contribution is 5.74. The molecule has 0 saturated carbocycles. The van der Waals surface area contributed by atoms with Crippen LogP contribution in [0.25, 0.3) is 0 Å². The minimum absolute atomic E-state index is 0.0902. The molecule has 1 saturated heterocycles. The summed E-state index contributed by atoms with van der Waals surface area (Å²) in [6, 6.07) is 0. The molecule has 0 spiro atoms. The third-order valence-corrected chi connectivity index (χ3v) is 1.82. The molecule has 66 valence electrons. The van der Waals surface area contributed by atoms with Crippen LogP contribution in [0.15, 0.2) is 11.8 Å². The molecule has 1 heterocycles. The Morgan fingerprint density at radius 3 is 3.08 bits per heavy atom. The topological polar surface area (TPSA) is 56.2 Å². The fourth-order valence-electron chi connectivity index (χ4n) is 1.17. The number of carbonyl (C=O) groups is 1. The van der Waals surface area contributed by atoms with Crippen molar-refractivity contribution in [2.45, 2.75) is 6.92 Å². The van der Waals surface area contributed by atoms with Gasteiger partial charge in [-0.3, -0.25) is 4.79 Å². The van der Waals surface area contributed by atoms with Gasteiger partial charge >= 0.3 is 0 Å². The molecule has 0 aromatic heterocycles. The number of piperazine rings is 1. The molecular weight excluding hydrogens is 154 g/mol. The monoisotopic (exact) mass is 167 g/mol. The normalized spacial score (nSPS) is 20.4. The van der Waals surface area contributed by atoms with Crippen molar-refractivity contribution >= 4 is 12.1 Å². The molecule has 1 aliphatic rings. The third kappa shape index (κ3) is 2.08. The maximum atomic E-state index is 11.0. The van der Waals surface area contributed by atoms with E-state index in [4.69, 9.17) is 5.41 Å². The minimum Gasteiger partial charge on any atom is -0.385 e. The van der Waals surface area contributed by atoms with E-state index >= 15 is 0 Å². The van der Waals surface area contributed by atoms with E-state index in [-0.39, 0.29) is 5.91 Å². The predicted molar refractivity (Wildman–Crippen MR) is 47.1 cm³/mol. The van der Waals surface area contributed by atoms with Crippen LogP contribution in [0.1, 0.15) is 6.92 Å². The lowest BCUT2D eigenvalue weighted by molar-refractivity contribution is -0.128. The van der Waals surface area contributed by atoms with Crippen molar-refractivity contribution in [2.24, 2.45) is 0 Å². The quantitative estimate of drug-likeness (QED) is 0.539. The number of amides is 1. The summed E-state index contributed by atoms with van der Waals surface area (Å²) in [6.45, 7) is 3.70. The molecule has 1 aliphatic heterocycles. The summed E-state index contributed by atoms with van der Waals surface area (Å²) >= 11 is 0. The summed E-state index contributed by atoms with van der Waals surface area (Å²) in [6.07, 6.45) is 2.90. The number of hydrogen-bond acceptors (Lipinski definition) is 3. The van der Waals surface area contributed by atoms with E-state index in [1.807, 2.05) is 0 Å². The predicted octanol–water partition coefficient (Wildman–Crippen LogP) is -0.0284. The second-order valence-electron chi connectivity index (χ2n) is 2.73. The van der Waals surface area contributed by atoms with Gasteiger partial charge in [0.2, 0.25) is 5.91 Å². The highest BCUT2D eigenvalue weighted by Gasteiger charge is 2.14. The van der Waals surface area contributed by atoms with Crippen molar-refractivity contribution in [2.75, 3.05) is 19.6 Å². The van der Waals surface area contributed by atoms with Gasteiger partial charge in [-0.05, 0) is 6.08 Å². The average molecular weight is 167 g/mol. The number of hydrogen-bond donors (Lipinski definition) is 2.